The molecule has 0 unspecified atom stereocenters. The van der Waals surface area contributed by atoms with Crippen molar-refractivity contribution in [1.29, 1.82) is 0 Å². The van der Waals surface area contributed by atoms with E-state index in [1.807, 2.05) is 45.3 Å². The molecule has 3 nitrogen and oxygen atoms in total. The number of anilines is 1. The van der Waals surface area contributed by atoms with Gasteiger partial charge in [0.05, 0.1) is 0 Å². The Hall–Kier alpha value is -1.35. The van der Waals surface area contributed by atoms with E-state index >= 15 is 0 Å². The second-order valence-corrected chi connectivity index (χ2v) is 4.32. The van der Waals surface area contributed by atoms with Crippen LogP contribution in [0.4, 0.5) is 5.69 Å². The lowest BCUT2D eigenvalue weighted by Crippen LogP contribution is -2.17. The van der Waals surface area contributed by atoms with Crippen molar-refractivity contribution < 1.29 is 4.79 Å². The lowest BCUT2D eigenvalue weighted by atomic mass is 10.2. The molecule has 1 N–H and O–H groups in total. The molecule has 0 atom stereocenters. The molecule has 1 amide bonds. The van der Waals surface area contributed by atoms with Gasteiger partial charge in [-0.15, -0.1) is 0 Å². The SMILES string of the molecule is Cc1ccc(NC(=O)CCCN(C)C)cc1. The Balaban J connectivity index is 2.31. The summed E-state index contributed by atoms with van der Waals surface area (Å²) in [6.07, 6.45) is 1.47. The Kier molecular flexibility index (Phi) is 4.99. The molecule has 3 heteroatoms. The van der Waals surface area contributed by atoms with Gasteiger partial charge in [0.25, 0.3) is 0 Å². The van der Waals surface area contributed by atoms with E-state index in [9.17, 15) is 4.79 Å². The Morgan fingerprint density at radius 1 is 1.25 bits per heavy atom. The number of carbonyl (C=O) groups is 1. The van der Waals surface area contributed by atoms with Gasteiger partial charge < -0.3 is 10.2 Å². The van der Waals surface area contributed by atoms with Crippen molar-refractivity contribution in [3.05, 3.63) is 29.8 Å². The third-order valence-corrected chi connectivity index (χ3v) is 2.34. The Morgan fingerprint density at radius 3 is 2.44 bits per heavy atom. The van der Waals surface area contributed by atoms with E-state index in [1.165, 1.54) is 5.56 Å². The van der Waals surface area contributed by atoms with E-state index in [1.54, 1.807) is 0 Å². The molecule has 88 valence electrons. The molecule has 0 fully saturated rings. The maximum absolute atomic E-state index is 11.5. The van der Waals surface area contributed by atoms with Gasteiger partial charge >= 0.3 is 0 Å². The molecule has 1 rings (SSSR count). The highest BCUT2D eigenvalue weighted by Gasteiger charge is 2.02. The summed E-state index contributed by atoms with van der Waals surface area (Å²) in [4.78, 5) is 13.6. The highest BCUT2D eigenvalue weighted by Crippen LogP contribution is 2.09. The molecule has 0 spiro atoms. The molecule has 0 aliphatic heterocycles. The first-order chi connectivity index (χ1) is 7.58. The van der Waals surface area contributed by atoms with Gasteiger partial charge in [-0.1, -0.05) is 17.7 Å². The van der Waals surface area contributed by atoms with Gasteiger partial charge in [-0.25, -0.2) is 0 Å². The lowest BCUT2D eigenvalue weighted by molar-refractivity contribution is -0.116. The number of hydrogen-bond donors (Lipinski definition) is 1. The number of aryl methyl sites for hydroxylation is 1. The van der Waals surface area contributed by atoms with Gasteiger partial charge in [-0.05, 0) is 46.1 Å². The van der Waals surface area contributed by atoms with Crippen LogP contribution in [0.3, 0.4) is 0 Å². The second kappa shape index (κ2) is 6.28. The molecule has 0 aliphatic carbocycles. The molecule has 1 aromatic carbocycles. The highest BCUT2D eigenvalue weighted by molar-refractivity contribution is 5.90. The van der Waals surface area contributed by atoms with E-state index in [0.717, 1.165) is 18.7 Å². The van der Waals surface area contributed by atoms with E-state index in [2.05, 4.69) is 10.2 Å². The fourth-order valence-electron chi connectivity index (χ4n) is 1.42. The summed E-state index contributed by atoms with van der Waals surface area (Å²) < 4.78 is 0. The third kappa shape index (κ3) is 4.94. The summed E-state index contributed by atoms with van der Waals surface area (Å²) in [5.41, 5.74) is 2.08. The van der Waals surface area contributed by atoms with Crippen LogP contribution in [0.5, 0.6) is 0 Å². The van der Waals surface area contributed by atoms with E-state index < -0.39 is 0 Å². The summed E-state index contributed by atoms with van der Waals surface area (Å²) in [7, 11) is 4.02. The van der Waals surface area contributed by atoms with Crippen LogP contribution < -0.4 is 5.32 Å². The van der Waals surface area contributed by atoms with Gasteiger partial charge in [0.1, 0.15) is 0 Å². The summed E-state index contributed by atoms with van der Waals surface area (Å²) in [5, 5.41) is 2.89. The van der Waals surface area contributed by atoms with Crippen LogP contribution in [0.2, 0.25) is 0 Å². The molecule has 1 aromatic rings. The van der Waals surface area contributed by atoms with Gasteiger partial charge in [0, 0.05) is 12.1 Å². The Morgan fingerprint density at radius 2 is 1.88 bits per heavy atom. The molecule has 0 aliphatic rings. The van der Waals surface area contributed by atoms with Crippen LogP contribution >= 0.6 is 0 Å². The molecule has 0 bridgehead atoms. The van der Waals surface area contributed by atoms with Crippen molar-refractivity contribution in [3.8, 4) is 0 Å². The fourth-order valence-corrected chi connectivity index (χ4v) is 1.42. The number of carbonyl (C=O) groups excluding carboxylic acids is 1. The van der Waals surface area contributed by atoms with Crippen molar-refractivity contribution in [3.63, 3.8) is 0 Å². The standard InChI is InChI=1S/C13H20N2O/c1-11-6-8-12(9-7-11)14-13(16)5-4-10-15(2)3/h6-9H,4-5,10H2,1-3H3,(H,14,16). The number of nitrogens with one attached hydrogen (secondary N) is 1. The minimum atomic E-state index is 0.0886. The van der Waals surface area contributed by atoms with Crippen molar-refractivity contribution in [2.45, 2.75) is 19.8 Å². The third-order valence-electron chi connectivity index (χ3n) is 2.34. The van der Waals surface area contributed by atoms with Crippen LogP contribution in [-0.2, 0) is 4.79 Å². The number of hydrogen-bond acceptors (Lipinski definition) is 2. The Bertz CT molecular complexity index is 330. The number of rotatable bonds is 5. The maximum Gasteiger partial charge on any atom is 0.224 e. The first kappa shape index (κ1) is 12.7. The lowest BCUT2D eigenvalue weighted by Gasteiger charge is -2.09. The van der Waals surface area contributed by atoms with Crippen molar-refractivity contribution in [1.82, 2.24) is 4.90 Å². The predicted molar refractivity (Wildman–Crippen MR) is 67.6 cm³/mol. The monoisotopic (exact) mass is 220 g/mol. The minimum absolute atomic E-state index is 0.0886. The zero-order valence-corrected chi connectivity index (χ0v) is 10.3. The normalized spacial score (nSPS) is 10.5. The maximum atomic E-state index is 11.5. The van der Waals surface area contributed by atoms with Crippen molar-refractivity contribution >= 4 is 11.6 Å². The van der Waals surface area contributed by atoms with Gasteiger partial charge in [-0.2, -0.15) is 0 Å². The molecule has 0 saturated heterocycles. The summed E-state index contributed by atoms with van der Waals surface area (Å²) >= 11 is 0. The molecular formula is C13H20N2O. The summed E-state index contributed by atoms with van der Waals surface area (Å²) in [5.74, 6) is 0.0886. The van der Waals surface area contributed by atoms with Crippen LogP contribution in [0.15, 0.2) is 24.3 Å². The fraction of sp³-hybridized carbons (Fsp3) is 0.462. The van der Waals surface area contributed by atoms with Gasteiger partial charge in [0.2, 0.25) is 5.91 Å². The average molecular weight is 220 g/mol. The number of benzene rings is 1. The van der Waals surface area contributed by atoms with Crippen molar-refractivity contribution in [2.75, 3.05) is 26.0 Å². The zero-order valence-electron chi connectivity index (χ0n) is 10.3. The quantitative estimate of drug-likeness (QED) is 0.825. The number of nitrogens with zero attached hydrogens (tertiary/aromatic N) is 1. The highest BCUT2D eigenvalue weighted by atomic mass is 16.1. The van der Waals surface area contributed by atoms with E-state index in [-0.39, 0.29) is 5.91 Å². The molecule has 0 aromatic heterocycles. The average Bonchev–Trinajstić information content (AvgIpc) is 2.21. The first-order valence-electron chi connectivity index (χ1n) is 5.59. The Labute approximate surface area is 97.5 Å². The summed E-state index contributed by atoms with van der Waals surface area (Å²) in [6, 6.07) is 7.85. The van der Waals surface area contributed by atoms with Crippen LogP contribution in [0.1, 0.15) is 18.4 Å². The second-order valence-electron chi connectivity index (χ2n) is 4.32. The topological polar surface area (TPSA) is 32.3 Å². The molecular weight excluding hydrogens is 200 g/mol. The zero-order chi connectivity index (χ0) is 12.0. The summed E-state index contributed by atoms with van der Waals surface area (Å²) in [6.45, 7) is 2.98. The molecule has 0 heterocycles. The van der Waals surface area contributed by atoms with Crippen LogP contribution in [-0.4, -0.2) is 31.4 Å². The number of amides is 1. The van der Waals surface area contributed by atoms with Gasteiger partial charge in [0.15, 0.2) is 0 Å². The van der Waals surface area contributed by atoms with E-state index in [0.29, 0.717) is 6.42 Å². The predicted octanol–water partition coefficient (Wildman–Crippen LogP) is 2.28. The molecule has 0 saturated carbocycles. The molecule has 0 radical (unpaired) electrons. The van der Waals surface area contributed by atoms with Crippen molar-refractivity contribution in [2.24, 2.45) is 0 Å². The largest absolute Gasteiger partial charge is 0.326 e. The smallest absolute Gasteiger partial charge is 0.224 e. The minimum Gasteiger partial charge on any atom is -0.326 e. The van der Waals surface area contributed by atoms with Gasteiger partial charge in [-0.3, -0.25) is 4.79 Å². The van der Waals surface area contributed by atoms with E-state index in [4.69, 9.17) is 0 Å². The first-order valence-corrected chi connectivity index (χ1v) is 5.59. The van der Waals surface area contributed by atoms with Crippen LogP contribution in [0, 0.1) is 6.92 Å². The van der Waals surface area contributed by atoms with Crippen LogP contribution in [0.25, 0.3) is 0 Å². The molecule has 16 heavy (non-hydrogen) atoms.